The molecule has 2 aromatic carbocycles. The minimum Gasteiger partial charge on any atom is -0.338 e. The highest BCUT2D eigenvalue weighted by molar-refractivity contribution is 7.89. The van der Waals surface area contributed by atoms with Crippen LogP contribution in [0.3, 0.4) is 0 Å². The summed E-state index contributed by atoms with van der Waals surface area (Å²) in [4.78, 5) is 20.2. The summed E-state index contributed by atoms with van der Waals surface area (Å²) in [5.74, 6) is -0.0606. The lowest BCUT2D eigenvalue weighted by Crippen LogP contribution is -2.50. The molecule has 1 aliphatic carbocycles. The van der Waals surface area contributed by atoms with Crippen molar-refractivity contribution in [1.29, 1.82) is 0 Å². The largest absolute Gasteiger partial charge is 0.338 e. The predicted octanol–water partition coefficient (Wildman–Crippen LogP) is 4.91. The van der Waals surface area contributed by atoms with Crippen molar-refractivity contribution in [1.82, 2.24) is 19.2 Å². The monoisotopic (exact) mass is 546 g/mol. The third kappa shape index (κ3) is 6.94. The molecule has 1 aromatic heterocycles. The van der Waals surface area contributed by atoms with Crippen LogP contribution in [-0.2, 0) is 41.3 Å². The Morgan fingerprint density at radius 1 is 1.21 bits per heavy atom. The van der Waals surface area contributed by atoms with E-state index in [1.807, 2.05) is 48.9 Å². The summed E-state index contributed by atoms with van der Waals surface area (Å²) in [5.41, 5.74) is 6.01. The van der Waals surface area contributed by atoms with E-state index in [4.69, 9.17) is 0 Å². The van der Waals surface area contributed by atoms with E-state index >= 15 is 0 Å². The predicted molar refractivity (Wildman–Crippen MR) is 156 cm³/mol. The Labute approximate surface area is 232 Å². The highest BCUT2D eigenvalue weighted by Crippen LogP contribution is 2.24. The molecule has 1 atom stereocenters. The molecule has 1 unspecified atom stereocenters. The van der Waals surface area contributed by atoms with Gasteiger partial charge in [0, 0.05) is 38.4 Å². The van der Waals surface area contributed by atoms with Gasteiger partial charge in [-0.25, -0.2) is 13.4 Å². The number of amides is 1. The lowest BCUT2D eigenvalue weighted by atomic mass is 10.0. The molecule has 0 radical (unpaired) electrons. The number of nitrogens with zero attached hydrogens (tertiary/aromatic N) is 3. The quantitative estimate of drug-likeness (QED) is 0.371. The Morgan fingerprint density at radius 3 is 2.69 bits per heavy atom. The molecular weight excluding hydrogens is 508 g/mol. The Kier molecular flexibility index (Phi) is 8.87. The maximum atomic E-state index is 14.1. The molecular formula is C31H38N4O3S. The third-order valence-electron chi connectivity index (χ3n) is 6.95. The van der Waals surface area contributed by atoms with E-state index in [9.17, 15) is 13.2 Å². The molecule has 8 heteroatoms. The number of imidazole rings is 1. The summed E-state index contributed by atoms with van der Waals surface area (Å²) in [6.45, 7) is 9.03. The van der Waals surface area contributed by atoms with Crippen molar-refractivity contribution in [2.45, 2.75) is 58.0 Å². The average molecular weight is 547 g/mol. The van der Waals surface area contributed by atoms with Crippen LogP contribution in [-0.4, -0.2) is 41.4 Å². The molecule has 3 aromatic rings. The van der Waals surface area contributed by atoms with Crippen LogP contribution in [0.4, 0.5) is 0 Å². The van der Waals surface area contributed by atoms with E-state index in [0.29, 0.717) is 13.1 Å². The number of carbonyl (C=O) groups is 1. The lowest BCUT2D eigenvalue weighted by Gasteiger charge is -2.29. The van der Waals surface area contributed by atoms with Crippen LogP contribution in [0, 0.1) is 12.8 Å². The Morgan fingerprint density at radius 2 is 2.00 bits per heavy atom. The number of rotatable bonds is 11. The number of benzene rings is 2. The molecule has 7 nitrogen and oxygen atoms in total. The standard InChI is InChI=1S/C31H38N4O3S/c1-6-8-26-15-24(12-11-23(26)4)20-35(19-22(2)3)31(36)30(17-28-18-32-21-34(28)5)33-39(37,38)29-14-13-25-9-7-10-27(25)16-29/h6-8,10-16,18,21-22,30,33H,9,17,19-20H2,1-5H3/b8-6-. The fourth-order valence-electron chi connectivity index (χ4n) is 4.88. The number of allylic oxidation sites excluding steroid dienone is 2. The van der Waals surface area contributed by atoms with E-state index in [2.05, 4.69) is 48.7 Å². The molecule has 0 spiro atoms. The van der Waals surface area contributed by atoms with Crippen molar-refractivity contribution in [3.63, 3.8) is 0 Å². The van der Waals surface area contributed by atoms with Crippen molar-refractivity contribution < 1.29 is 13.2 Å². The van der Waals surface area contributed by atoms with Gasteiger partial charge in [0.25, 0.3) is 0 Å². The van der Waals surface area contributed by atoms with E-state index in [0.717, 1.165) is 39.9 Å². The number of nitrogens with one attached hydrogen (secondary N) is 1. The third-order valence-corrected chi connectivity index (χ3v) is 8.42. The van der Waals surface area contributed by atoms with E-state index in [1.54, 1.807) is 29.6 Å². The first-order valence-corrected chi connectivity index (χ1v) is 14.8. The number of carbonyl (C=O) groups excluding carboxylic acids is 1. The summed E-state index contributed by atoms with van der Waals surface area (Å²) in [6, 6.07) is 10.3. The van der Waals surface area contributed by atoms with Crippen LogP contribution < -0.4 is 4.72 Å². The molecule has 4 rings (SSSR count). The minimum absolute atomic E-state index is 0.153. The van der Waals surface area contributed by atoms with Gasteiger partial charge in [-0.3, -0.25) is 4.79 Å². The molecule has 0 fully saturated rings. The zero-order valence-corrected chi connectivity index (χ0v) is 24.2. The summed E-state index contributed by atoms with van der Waals surface area (Å²) in [6.07, 6.45) is 12.3. The van der Waals surface area contributed by atoms with Crippen LogP contribution >= 0.6 is 0 Å². The molecule has 1 aliphatic rings. The fraction of sp³-hybridized carbons (Fsp3) is 0.355. The Bertz CT molecular complexity index is 1500. The van der Waals surface area contributed by atoms with Gasteiger partial charge in [0.05, 0.1) is 11.2 Å². The molecule has 1 N–H and O–H groups in total. The minimum atomic E-state index is -3.97. The topological polar surface area (TPSA) is 84.3 Å². The van der Waals surface area contributed by atoms with Crippen LogP contribution in [0.2, 0.25) is 0 Å². The second-order valence-corrected chi connectivity index (χ2v) is 12.4. The van der Waals surface area contributed by atoms with Crippen molar-refractivity contribution in [3.8, 4) is 0 Å². The van der Waals surface area contributed by atoms with Crippen molar-refractivity contribution in [3.05, 3.63) is 94.6 Å². The van der Waals surface area contributed by atoms with E-state index < -0.39 is 16.1 Å². The Balaban J connectivity index is 1.66. The maximum Gasteiger partial charge on any atom is 0.241 e. The van der Waals surface area contributed by atoms with Gasteiger partial charge in [-0.2, -0.15) is 4.72 Å². The smallest absolute Gasteiger partial charge is 0.241 e. The van der Waals surface area contributed by atoms with Crippen molar-refractivity contribution in [2.75, 3.05) is 6.54 Å². The normalized spacial score (nSPS) is 13.8. The molecule has 0 bridgehead atoms. The fourth-order valence-corrected chi connectivity index (χ4v) is 6.10. The van der Waals surface area contributed by atoms with Gasteiger partial charge in [0.1, 0.15) is 6.04 Å². The van der Waals surface area contributed by atoms with Gasteiger partial charge in [0.2, 0.25) is 15.9 Å². The number of fused-ring (bicyclic) bond motifs is 1. The van der Waals surface area contributed by atoms with Gasteiger partial charge in [-0.05, 0) is 72.2 Å². The van der Waals surface area contributed by atoms with Gasteiger partial charge < -0.3 is 9.47 Å². The van der Waals surface area contributed by atoms with Gasteiger partial charge >= 0.3 is 0 Å². The molecule has 1 amide bonds. The van der Waals surface area contributed by atoms with Crippen LogP contribution in [0.5, 0.6) is 0 Å². The summed E-state index contributed by atoms with van der Waals surface area (Å²) >= 11 is 0. The first-order chi connectivity index (χ1) is 18.6. The molecule has 0 saturated carbocycles. The zero-order valence-electron chi connectivity index (χ0n) is 23.4. The van der Waals surface area contributed by atoms with Gasteiger partial charge in [-0.1, -0.05) is 56.4 Å². The molecule has 206 valence electrons. The zero-order chi connectivity index (χ0) is 28.2. The number of hydrogen-bond acceptors (Lipinski definition) is 4. The maximum absolute atomic E-state index is 14.1. The number of aryl methyl sites for hydroxylation is 2. The highest BCUT2D eigenvalue weighted by Gasteiger charge is 2.31. The molecule has 0 saturated heterocycles. The summed E-state index contributed by atoms with van der Waals surface area (Å²) < 4.78 is 31.7. The Hall–Kier alpha value is -3.49. The lowest BCUT2D eigenvalue weighted by molar-refractivity contribution is -0.134. The van der Waals surface area contributed by atoms with Crippen LogP contribution in [0.15, 0.2) is 66.0 Å². The SMILES string of the molecule is C/C=C\c1cc(CN(CC(C)C)C(=O)C(Cc2cncn2C)NS(=O)(=O)c2ccc3c(c2)C=CC3)ccc1C. The summed E-state index contributed by atoms with van der Waals surface area (Å²) in [7, 11) is -2.13. The first kappa shape index (κ1) is 28.5. The highest BCUT2D eigenvalue weighted by atomic mass is 32.2. The second kappa shape index (κ2) is 12.1. The van der Waals surface area contributed by atoms with E-state index in [-0.39, 0.29) is 23.1 Å². The van der Waals surface area contributed by atoms with Crippen LogP contribution in [0.1, 0.15) is 54.3 Å². The molecule has 39 heavy (non-hydrogen) atoms. The average Bonchev–Trinajstić information content (AvgIpc) is 3.52. The number of aromatic nitrogens is 2. The molecule has 0 aliphatic heterocycles. The van der Waals surface area contributed by atoms with Crippen molar-refractivity contribution in [2.24, 2.45) is 13.0 Å². The van der Waals surface area contributed by atoms with Gasteiger partial charge in [0.15, 0.2) is 0 Å². The second-order valence-electron chi connectivity index (χ2n) is 10.6. The summed E-state index contributed by atoms with van der Waals surface area (Å²) in [5, 5.41) is 0. The number of hydrogen-bond donors (Lipinski definition) is 1. The molecule has 1 heterocycles. The van der Waals surface area contributed by atoms with Crippen LogP contribution in [0.25, 0.3) is 12.2 Å². The van der Waals surface area contributed by atoms with Crippen molar-refractivity contribution >= 4 is 28.1 Å². The number of sulfonamides is 1. The first-order valence-electron chi connectivity index (χ1n) is 13.4. The van der Waals surface area contributed by atoms with E-state index in [1.165, 1.54) is 0 Å². The van der Waals surface area contributed by atoms with Gasteiger partial charge in [-0.15, -0.1) is 0 Å².